The van der Waals surface area contributed by atoms with E-state index in [1.807, 2.05) is 20.8 Å². The van der Waals surface area contributed by atoms with Crippen LogP contribution < -0.4 is 5.32 Å². The molecule has 0 aliphatic heterocycles. The van der Waals surface area contributed by atoms with Crippen molar-refractivity contribution in [1.29, 1.82) is 5.26 Å². The Labute approximate surface area is 112 Å². The summed E-state index contributed by atoms with van der Waals surface area (Å²) < 4.78 is 5.59. The van der Waals surface area contributed by atoms with Crippen LogP contribution in [0.15, 0.2) is 9.64 Å². The van der Waals surface area contributed by atoms with E-state index in [-0.39, 0.29) is 5.54 Å². The summed E-state index contributed by atoms with van der Waals surface area (Å²) >= 11 is 1.66. The Morgan fingerprint density at radius 2 is 2.39 bits per heavy atom. The maximum atomic E-state index is 9.32. The van der Waals surface area contributed by atoms with Gasteiger partial charge in [0.15, 0.2) is 0 Å². The monoisotopic (exact) mass is 265 g/mol. The number of aromatic nitrogens is 1. The molecular formula is C13H19N3OS. The Hall–Kier alpha value is -0.990. The highest BCUT2D eigenvalue weighted by Crippen LogP contribution is 2.39. The molecule has 1 aliphatic carbocycles. The predicted octanol–water partition coefficient (Wildman–Crippen LogP) is 2.81. The van der Waals surface area contributed by atoms with Gasteiger partial charge in [-0.05, 0) is 39.7 Å². The molecular weight excluding hydrogens is 246 g/mol. The van der Waals surface area contributed by atoms with Crippen molar-refractivity contribution in [3.63, 3.8) is 0 Å². The van der Waals surface area contributed by atoms with Crippen molar-refractivity contribution in [2.24, 2.45) is 0 Å². The molecule has 0 radical (unpaired) electrons. The fraction of sp³-hybridized carbons (Fsp3) is 0.692. The van der Waals surface area contributed by atoms with Gasteiger partial charge in [0.05, 0.1) is 11.8 Å². The molecule has 2 atom stereocenters. The van der Waals surface area contributed by atoms with Crippen LogP contribution in [-0.2, 0) is 0 Å². The number of rotatable bonds is 4. The first kappa shape index (κ1) is 13.4. The summed E-state index contributed by atoms with van der Waals surface area (Å²) in [7, 11) is 0. The van der Waals surface area contributed by atoms with E-state index in [9.17, 15) is 5.26 Å². The minimum atomic E-state index is -0.344. The van der Waals surface area contributed by atoms with Gasteiger partial charge in [-0.25, -0.2) is 4.98 Å². The third-order valence-electron chi connectivity index (χ3n) is 3.47. The molecule has 5 heteroatoms. The van der Waals surface area contributed by atoms with E-state index in [1.54, 1.807) is 11.8 Å². The zero-order valence-corrected chi connectivity index (χ0v) is 11.9. The van der Waals surface area contributed by atoms with Crippen molar-refractivity contribution in [3.8, 4) is 6.07 Å². The summed E-state index contributed by atoms with van der Waals surface area (Å²) in [6.45, 7) is 6.76. The Kier molecular flexibility index (Phi) is 3.98. The van der Waals surface area contributed by atoms with Crippen LogP contribution in [0, 0.1) is 25.2 Å². The highest BCUT2D eigenvalue weighted by molar-refractivity contribution is 7.99. The van der Waals surface area contributed by atoms with Crippen LogP contribution in [0.5, 0.6) is 0 Å². The fourth-order valence-electron chi connectivity index (χ4n) is 2.38. The van der Waals surface area contributed by atoms with Crippen LogP contribution in [0.1, 0.15) is 37.6 Å². The second-order valence-corrected chi connectivity index (χ2v) is 6.08. The van der Waals surface area contributed by atoms with E-state index in [0.717, 1.165) is 42.5 Å². The second kappa shape index (κ2) is 5.33. The van der Waals surface area contributed by atoms with Crippen LogP contribution in [-0.4, -0.2) is 22.3 Å². The molecule has 1 aromatic heterocycles. The second-order valence-electron chi connectivity index (χ2n) is 4.83. The summed E-state index contributed by atoms with van der Waals surface area (Å²) in [5.74, 6) is 0.883. The minimum absolute atomic E-state index is 0.344. The van der Waals surface area contributed by atoms with Crippen LogP contribution in [0.25, 0.3) is 0 Å². The zero-order chi connectivity index (χ0) is 13.2. The van der Waals surface area contributed by atoms with Gasteiger partial charge in [-0.2, -0.15) is 5.26 Å². The predicted molar refractivity (Wildman–Crippen MR) is 71.5 cm³/mol. The van der Waals surface area contributed by atoms with Gasteiger partial charge in [0.25, 0.3) is 5.22 Å². The standard InChI is InChI=1S/C13H19N3OS/c1-4-15-13(8-14)6-5-11(7-13)18-12-16-9(2)10(3)17-12/h11,15H,4-7H2,1-3H3. The van der Waals surface area contributed by atoms with Gasteiger partial charge in [0.2, 0.25) is 0 Å². The first-order valence-corrected chi connectivity index (χ1v) is 7.23. The summed E-state index contributed by atoms with van der Waals surface area (Å²) in [5.41, 5.74) is 0.608. The lowest BCUT2D eigenvalue weighted by atomic mass is 10.0. The number of hydrogen-bond acceptors (Lipinski definition) is 5. The molecule has 0 bridgehead atoms. The summed E-state index contributed by atoms with van der Waals surface area (Å²) in [5, 5.41) is 13.8. The number of hydrogen-bond donors (Lipinski definition) is 1. The van der Waals surface area contributed by atoms with Crippen molar-refractivity contribution in [2.75, 3.05) is 6.54 Å². The van der Waals surface area contributed by atoms with Crippen LogP contribution in [0.3, 0.4) is 0 Å². The molecule has 1 saturated carbocycles. The number of thioether (sulfide) groups is 1. The maximum Gasteiger partial charge on any atom is 0.256 e. The van der Waals surface area contributed by atoms with Crippen LogP contribution in [0.2, 0.25) is 0 Å². The number of nitrogens with one attached hydrogen (secondary N) is 1. The molecule has 18 heavy (non-hydrogen) atoms. The molecule has 0 amide bonds. The normalized spacial score (nSPS) is 27.3. The molecule has 4 nitrogen and oxygen atoms in total. The molecule has 0 aromatic carbocycles. The van der Waals surface area contributed by atoms with Crippen molar-refractivity contribution in [1.82, 2.24) is 10.3 Å². The van der Waals surface area contributed by atoms with Crippen molar-refractivity contribution < 1.29 is 4.42 Å². The first-order valence-electron chi connectivity index (χ1n) is 6.35. The Morgan fingerprint density at radius 1 is 1.61 bits per heavy atom. The highest BCUT2D eigenvalue weighted by Gasteiger charge is 2.39. The lowest BCUT2D eigenvalue weighted by molar-refractivity contribution is 0.427. The van der Waals surface area contributed by atoms with E-state index in [4.69, 9.17) is 4.42 Å². The van der Waals surface area contributed by atoms with Crippen molar-refractivity contribution >= 4 is 11.8 Å². The highest BCUT2D eigenvalue weighted by atomic mass is 32.2. The molecule has 1 aliphatic rings. The van der Waals surface area contributed by atoms with E-state index < -0.39 is 0 Å². The van der Waals surface area contributed by atoms with Gasteiger partial charge in [0, 0.05) is 5.25 Å². The van der Waals surface area contributed by atoms with Gasteiger partial charge < -0.3 is 4.42 Å². The third-order valence-corrected chi connectivity index (χ3v) is 4.59. The zero-order valence-electron chi connectivity index (χ0n) is 11.1. The van der Waals surface area contributed by atoms with Crippen molar-refractivity contribution in [3.05, 3.63) is 11.5 Å². The quantitative estimate of drug-likeness (QED) is 0.907. The third kappa shape index (κ3) is 2.70. The Morgan fingerprint density at radius 3 is 2.94 bits per heavy atom. The van der Waals surface area contributed by atoms with E-state index in [0.29, 0.717) is 5.25 Å². The number of nitrogens with zero attached hydrogens (tertiary/aromatic N) is 2. The summed E-state index contributed by atoms with van der Waals surface area (Å²) in [6.07, 6.45) is 2.81. The molecule has 2 rings (SSSR count). The van der Waals surface area contributed by atoms with Crippen LogP contribution in [0.4, 0.5) is 0 Å². The smallest absolute Gasteiger partial charge is 0.256 e. The summed E-state index contributed by atoms with van der Waals surface area (Å²) in [6, 6.07) is 2.44. The van der Waals surface area contributed by atoms with Gasteiger partial charge in [-0.15, -0.1) is 0 Å². The molecule has 1 fully saturated rings. The molecule has 98 valence electrons. The molecule has 2 unspecified atom stereocenters. The van der Waals surface area contributed by atoms with Crippen LogP contribution >= 0.6 is 11.8 Å². The minimum Gasteiger partial charge on any atom is -0.437 e. The largest absolute Gasteiger partial charge is 0.437 e. The number of aryl methyl sites for hydroxylation is 2. The molecule has 1 heterocycles. The Bertz CT molecular complexity index is 446. The number of oxazole rings is 1. The lowest BCUT2D eigenvalue weighted by Crippen LogP contribution is -2.41. The van der Waals surface area contributed by atoms with Gasteiger partial charge in [-0.1, -0.05) is 18.7 Å². The lowest BCUT2D eigenvalue weighted by Gasteiger charge is -2.21. The summed E-state index contributed by atoms with van der Waals surface area (Å²) in [4.78, 5) is 4.39. The van der Waals surface area contributed by atoms with E-state index in [2.05, 4.69) is 16.4 Å². The SMILES string of the molecule is CCNC1(C#N)CCC(Sc2nc(C)c(C)o2)C1. The van der Waals surface area contributed by atoms with E-state index >= 15 is 0 Å². The maximum absolute atomic E-state index is 9.32. The fourth-order valence-corrected chi connectivity index (χ4v) is 3.63. The molecule has 0 saturated heterocycles. The average molecular weight is 265 g/mol. The first-order chi connectivity index (χ1) is 8.58. The topological polar surface area (TPSA) is 61.9 Å². The van der Waals surface area contributed by atoms with Crippen molar-refractivity contribution in [2.45, 2.75) is 56.0 Å². The Balaban J connectivity index is 1.99. The molecule has 1 N–H and O–H groups in total. The molecule has 1 aromatic rings. The van der Waals surface area contributed by atoms with Gasteiger partial charge in [-0.3, -0.25) is 5.32 Å². The van der Waals surface area contributed by atoms with Gasteiger partial charge >= 0.3 is 0 Å². The number of nitriles is 1. The molecule has 0 spiro atoms. The van der Waals surface area contributed by atoms with E-state index in [1.165, 1.54) is 0 Å². The average Bonchev–Trinajstić information content (AvgIpc) is 2.86. The van der Waals surface area contributed by atoms with Gasteiger partial charge in [0.1, 0.15) is 11.3 Å².